The quantitative estimate of drug-likeness (QED) is 0.265. The van der Waals surface area contributed by atoms with Crippen molar-refractivity contribution < 1.29 is 0 Å². The molecular weight excluding hydrogens is 282 g/mol. The first-order valence-corrected chi connectivity index (χ1v) is 7.40. The van der Waals surface area contributed by atoms with Crippen LogP contribution < -0.4 is 17.1 Å². The molecule has 0 radical (unpaired) electrons. The summed E-state index contributed by atoms with van der Waals surface area (Å²) in [5, 5.41) is 12.6. The van der Waals surface area contributed by atoms with Gasteiger partial charge in [-0.3, -0.25) is 0 Å². The van der Waals surface area contributed by atoms with Gasteiger partial charge < -0.3 is 11.3 Å². The molecule has 0 fully saturated rings. The molecule has 0 bridgehead atoms. The molecule has 2 rings (SSSR count). The van der Waals surface area contributed by atoms with Gasteiger partial charge in [0, 0.05) is 10.5 Å². The topological polar surface area (TPSA) is 100 Å². The molecule has 0 saturated carbocycles. The van der Waals surface area contributed by atoms with Gasteiger partial charge in [0.2, 0.25) is 0 Å². The normalized spacial score (nSPS) is 11.0. The molecule has 2 aromatic rings. The number of nitrogens with zero attached hydrogens (tertiary/aromatic N) is 2. The van der Waals surface area contributed by atoms with E-state index in [1.165, 1.54) is 0 Å². The van der Waals surface area contributed by atoms with Crippen LogP contribution in [0.4, 0.5) is 0 Å². The summed E-state index contributed by atoms with van der Waals surface area (Å²) in [5.74, 6) is 11.4. The Bertz CT molecular complexity index is 701. The summed E-state index contributed by atoms with van der Waals surface area (Å²) in [7, 11) is 0. The van der Waals surface area contributed by atoms with Crippen LogP contribution in [0.1, 0.15) is 11.1 Å². The van der Waals surface area contributed by atoms with E-state index in [9.17, 15) is 0 Å². The highest BCUT2D eigenvalue weighted by atomic mass is 32.2. The summed E-state index contributed by atoms with van der Waals surface area (Å²) in [5.41, 5.74) is 5.92. The van der Waals surface area contributed by atoms with Crippen molar-refractivity contribution in [1.29, 1.82) is 5.26 Å². The number of nitrogens with one attached hydrogen (secondary N) is 1. The van der Waals surface area contributed by atoms with Gasteiger partial charge >= 0.3 is 0 Å². The molecule has 0 heterocycles. The molecule has 0 spiro atoms. The van der Waals surface area contributed by atoms with Crippen molar-refractivity contribution in [2.45, 2.75) is 4.90 Å². The van der Waals surface area contributed by atoms with Crippen LogP contribution in [0, 0.1) is 11.3 Å². The Kier molecular flexibility index (Phi) is 4.82. The van der Waals surface area contributed by atoms with Crippen LogP contribution in [0.3, 0.4) is 0 Å². The van der Waals surface area contributed by atoms with Gasteiger partial charge in [0.05, 0.1) is 11.6 Å². The lowest BCUT2D eigenvalue weighted by atomic mass is 9.98. The molecule has 106 valence electrons. The zero-order valence-corrected chi connectivity index (χ0v) is 12.3. The van der Waals surface area contributed by atoms with Gasteiger partial charge in [-0.05, 0) is 35.6 Å². The summed E-state index contributed by atoms with van der Waals surface area (Å²) >= 11 is 1.59. The summed E-state index contributed by atoms with van der Waals surface area (Å²) < 4.78 is 0. The molecule has 0 aliphatic heterocycles. The van der Waals surface area contributed by atoms with Crippen molar-refractivity contribution in [3.05, 3.63) is 53.6 Å². The third-order valence-corrected chi connectivity index (χ3v) is 3.85. The summed E-state index contributed by atoms with van der Waals surface area (Å²) in [6.45, 7) is 0. The van der Waals surface area contributed by atoms with Gasteiger partial charge in [-0.15, -0.1) is 11.8 Å². The minimum absolute atomic E-state index is 0.416. The first kappa shape index (κ1) is 14.9. The predicted molar refractivity (Wildman–Crippen MR) is 86.4 cm³/mol. The third kappa shape index (κ3) is 2.99. The van der Waals surface area contributed by atoms with Crippen molar-refractivity contribution >= 4 is 17.6 Å². The predicted octanol–water partition coefficient (Wildman–Crippen LogP) is 2.03. The molecule has 21 heavy (non-hydrogen) atoms. The van der Waals surface area contributed by atoms with Crippen LogP contribution >= 0.6 is 11.8 Å². The largest absolute Gasteiger partial charge is 0.321 e. The number of benzene rings is 2. The monoisotopic (exact) mass is 297 g/mol. The fraction of sp³-hybridized carbons (Fsp3) is 0.0667. The molecular formula is C15H15N5S. The fourth-order valence-electron chi connectivity index (χ4n) is 2.08. The lowest BCUT2D eigenvalue weighted by Crippen LogP contribution is -2.33. The van der Waals surface area contributed by atoms with Crippen LogP contribution in [0.2, 0.25) is 0 Å². The molecule has 2 aromatic carbocycles. The van der Waals surface area contributed by atoms with Gasteiger partial charge in [0.15, 0.2) is 5.84 Å². The molecule has 0 saturated heterocycles. The number of hydrazine groups is 1. The number of nitrogens with two attached hydrogens (primary N) is 2. The lowest BCUT2D eigenvalue weighted by molar-refractivity contribution is 0.999. The highest BCUT2D eigenvalue weighted by Gasteiger charge is 2.15. The van der Waals surface area contributed by atoms with Crippen LogP contribution in [0.25, 0.3) is 11.1 Å². The van der Waals surface area contributed by atoms with Crippen molar-refractivity contribution in [3.63, 3.8) is 0 Å². The first-order chi connectivity index (χ1) is 10.2. The standard InChI is InChI=1S/C15H15N5S/c1-21-13-4-2-3-12(14(13)15(19-17)20-18)11-7-5-10(9-16)6-8-11/h2-8H,17-18H2,1H3,(H,19,20). The van der Waals surface area contributed by atoms with Crippen molar-refractivity contribution in [3.8, 4) is 17.2 Å². The second-order valence-electron chi connectivity index (χ2n) is 4.19. The molecule has 0 aliphatic carbocycles. The van der Waals surface area contributed by atoms with E-state index >= 15 is 0 Å². The number of hydrogen-bond acceptors (Lipinski definition) is 5. The number of nitriles is 1. The van der Waals surface area contributed by atoms with E-state index in [4.69, 9.17) is 16.9 Å². The molecule has 5 nitrogen and oxygen atoms in total. The van der Waals surface area contributed by atoms with E-state index in [0.29, 0.717) is 11.4 Å². The van der Waals surface area contributed by atoms with E-state index in [-0.39, 0.29) is 0 Å². The number of amidine groups is 1. The SMILES string of the molecule is CSc1cccc(-c2ccc(C#N)cc2)c1/C(=N/N)NN. The zero-order chi connectivity index (χ0) is 15.2. The Morgan fingerprint density at radius 1 is 1.24 bits per heavy atom. The number of thioether (sulfide) groups is 1. The van der Waals surface area contributed by atoms with Gasteiger partial charge in [-0.25, -0.2) is 5.84 Å². The second kappa shape index (κ2) is 6.79. The maximum Gasteiger partial charge on any atom is 0.168 e. The highest BCUT2D eigenvalue weighted by molar-refractivity contribution is 7.98. The Morgan fingerprint density at radius 2 is 1.95 bits per heavy atom. The van der Waals surface area contributed by atoms with E-state index < -0.39 is 0 Å². The maximum absolute atomic E-state index is 8.88. The van der Waals surface area contributed by atoms with Crippen LogP contribution in [-0.2, 0) is 0 Å². The van der Waals surface area contributed by atoms with Crippen molar-refractivity contribution in [2.24, 2.45) is 16.8 Å². The summed E-state index contributed by atoms with van der Waals surface area (Å²) in [4.78, 5) is 1.01. The maximum atomic E-state index is 8.88. The molecule has 0 amide bonds. The zero-order valence-electron chi connectivity index (χ0n) is 11.5. The molecule has 5 N–H and O–H groups in total. The van der Waals surface area contributed by atoms with Crippen LogP contribution in [-0.4, -0.2) is 12.1 Å². The highest BCUT2D eigenvalue weighted by Crippen LogP contribution is 2.31. The molecule has 0 unspecified atom stereocenters. The minimum Gasteiger partial charge on any atom is -0.321 e. The number of rotatable bonds is 3. The Balaban J connectivity index is 2.65. The van der Waals surface area contributed by atoms with Gasteiger partial charge in [0.25, 0.3) is 0 Å². The lowest BCUT2D eigenvalue weighted by Gasteiger charge is -2.15. The smallest absolute Gasteiger partial charge is 0.168 e. The molecule has 0 atom stereocenters. The second-order valence-corrected chi connectivity index (χ2v) is 5.04. The van der Waals surface area contributed by atoms with Crippen molar-refractivity contribution in [1.82, 2.24) is 5.43 Å². The summed E-state index contributed by atoms with van der Waals surface area (Å²) in [6, 6.07) is 15.4. The number of hydrogen-bond donors (Lipinski definition) is 3. The van der Waals surface area contributed by atoms with Gasteiger partial charge in [0.1, 0.15) is 0 Å². The van der Waals surface area contributed by atoms with Gasteiger partial charge in [-0.1, -0.05) is 24.3 Å². The van der Waals surface area contributed by atoms with E-state index in [0.717, 1.165) is 21.6 Å². The average Bonchev–Trinajstić information content (AvgIpc) is 2.56. The van der Waals surface area contributed by atoms with E-state index in [2.05, 4.69) is 16.6 Å². The van der Waals surface area contributed by atoms with E-state index in [1.807, 2.05) is 36.6 Å². The third-order valence-electron chi connectivity index (χ3n) is 3.07. The number of hydrazone groups is 1. The Morgan fingerprint density at radius 3 is 2.48 bits per heavy atom. The average molecular weight is 297 g/mol. The molecule has 0 aliphatic rings. The fourth-order valence-corrected chi connectivity index (χ4v) is 2.71. The molecule has 0 aromatic heterocycles. The van der Waals surface area contributed by atoms with Crippen LogP contribution in [0.15, 0.2) is 52.5 Å². The minimum atomic E-state index is 0.416. The first-order valence-electron chi connectivity index (χ1n) is 6.17. The van der Waals surface area contributed by atoms with Crippen LogP contribution in [0.5, 0.6) is 0 Å². The van der Waals surface area contributed by atoms with E-state index in [1.54, 1.807) is 23.9 Å². The Hall–Kier alpha value is -2.49. The summed E-state index contributed by atoms with van der Waals surface area (Å²) in [6.07, 6.45) is 1.98. The van der Waals surface area contributed by atoms with Gasteiger partial charge in [-0.2, -0.15) is 10.4 Å². The Labute approximate surface area is 127 Å². The molecule has 6 heteroatoms. The van der Waals surface area contributed by atoms with Crippen molar-refractivity contribution in [2.75, 3.05) is 6.26 Å².